The lowest BCUT2D eigenvalue weighted by molar-refractivity contribution is -0.149. The van der Waals surface area contributed by atoms with Crippen LogP contribution in [0.4, 0.5) is 0 Å². The minimum atomic E-state index is -0.670. The third-order valence-corrected chi connectivity index (χ3v) is 6.72. The van der Waals surface area contributed by atoms with Gasteiger partial charge in [-0.2, -0.15) is 0 Å². The molecule has 0 aliphatic carbocycles. The van der Waals surface area contributed by atoms with Gasteiger partial charge in [-0.15, -0.1) is 0 Å². The van der Waals surface area contributed by atoms with Gasteiger partial charge < -0.3 is 14.6 Å². The zero-order chi connectivity index (χ0) is 21.1. The molecule has 5 rings (SSSR count). The first-order valence-electron chi connectivity index (χ1n) is 11.4. The van der Waals surface area contributed by atoms with E-state index in [0.29, 0.717) is 12.5 Å². The van der Waals surface area contributed by atoms with Gasteiger partial charge in [0, 0.05) is 0 Å². The van der Waals surface area contributed by atoms with E-state index in [2.05, 4.69) is 91.0 Å². The highest BCUT2D eigenvalue weighted by Gasteiger charge is 2.41. The van der Waals surface area contributed by atoms with Crippen LogP contribution in [0.25, 0.3) is 0 Å². The lowest BCUT2D eigenvalue weighted by atomic mass is 9.79. The van der Waals surface area contributed by atoms with E-state index in [9.17, 15) is 5.11 Å². The van der Waals surface area contributed by atoms with Crippen LogP contribution in [0, 0.1) is 5.92 Å². The molecule has 3 aromatic carbocycles. The van der Waals surface area contributed by atoms with Crippen molar-refractivity contribution in [1.29, 1.82) is 0 Å². The summed E-state index contributed by atoms with van der Waals surface area (Å²) in [4.78, 5) is 0. The second-order valence-corrected chi connectivity index (χ2v) is 8.93. The van der Waals surface area contributed by atoms with Gasteiger partial charge in [-0.25, -0.2) is 0 Å². The zero-order valence-corrected chi connectivity index (χ0v) is 17.8. The Balaban J connectivity index is 1.51. The first-order valence-corrected chi connectivity index (χ1v) is 11.4. The molecule has 2 fully saturated rings. The van der Waals surface area contributed by atoms with Crippen molar-refractivity contribution < 1.29 is 14.6 Å². The van der Waals surface area contributed by atoms with Gasteiger partial charge in [0.15, 0.2) is 0 Å². The Hall–Kier alpha value is -2.46. The summed E-state index contributed by atoms with van der Waals surface area (Å²) < 4.78 is 13.1. The molecule has 2 heterocycles. The van der Waals surface area contributed by atoms with Crippen molar-refractivity contribution in [2.75, 3.05) is 6.61 Å². The zero-order valence-electron chi connectivity index (χ0n) is 17.8. The van der Waals surface area contributed by atoms with Crippen LogP contribution in [0.5, 0.6) is 0 Å². The summed E-state index contributed by atoms with van der Waals surface area (Å²) in [6, 6.07) is 31.6. The molecule has 0 saturated carbocycles. The fourth-order valence-corrected chi connectivity index (χ4v) is 5.38. The van der Waals surface area contributed by atoms with E-state index in [-0.39, 0.29) is 18.3 Å². The van der Waals surface area contributed by atoms with Crippen LogP contribution in [0.1, 0.15) is 42.4 Å². The highest BCUT2D eigenvalue weighted by atomic mass is 16.5. The van der Waals surface area contributed by atoms with Gasteiger partial charge in [-0.1, -0.05) is 91.0 Å². The Morgan fingerprint density at radius 3 is 1.52 bits per heavy atom. The van der Waals surface area contributed by atoms with Crippen LogP contribution in [-0.4, -0.2) is 30.0 Å². The molecule has 31 heavy (non-hydrogen) atoms. The monoisotopic (exact) mass is 414 g/mol. The lowest BCUT2D eigenvalue weighted by Crippen LogP contribution is -2.44. The van der Waals surface area contributed by atoms with Crippen molar-refractivity contribution in [3.8, 4) is 0 Å². The minimum Gasteiger partial charge on any atom is -0.393 e. The molecule has 0 radical (unpaired) electrons. The third kappa shape index (κ3) is 4.18. The van der Waals surface area contributed by atoms with Crippen molar-refractivity contribution in [2.45, 2.75) is 49.6 Å². The Morgan fingerprint density at radius 2 is 1.10 bits per heavy atom. The smallest absolute Gasteiger partial charge is 0.143 e. The summed E-state index contributed by atoms with van der Waals surface area (Å²) in [5, 5.41) is 10.1. The Bertz CT molecular complexity index is 843. The largest absolute Gasteiger partial charge is 0.393 e. The predicted molar refractivity (Wildman–Crippen MR) is 122 cm³/mol. The van der Waals surface area contributed by atoms with Crippen LogP contribution in [0.2, 0.25) is 0 Å². The standard InChI is InChI=1S/C28H30O3/c29-25-18-26-16-21(17-27(19-25)31-26)20-30-28(22-10-4-1-5-11-22,23-12-6-2-7-13-23)24-14-8-3-9-15-24/h1-15,21,25-27,29H,16-20H2. The molecule has 0 spiro atoms. The van der Waals surface area contributed by atoms with Crippen LogP contribution < -0.4 is 0 Å². The molecule has 3 aromatic rings. The van der Waals surface area contributed by atoms with E-state index in [1.165, 1.54) is 0 Å². The van der Waals surface area contributed by atoms with Gasteiger partial charge in [0.25, 0.3) is 0 Å². The maximum Gasteiger partial charge on any atom is 0.143 e. The first kappa shape index (κ1) is 20.4. The van der Waals surface area contributed by atoms with Gasteiger partial charge in [0.2, 0.25) is 0 Å². The molecule has 1 N–H and O–H groups in total. The van der Waals surface area contributed by atoms with Gasteiger partial charge in [0.05, 0.1) is 24.9 Å². The SMILES string of the molecule is OC1CC2CC(COC(c3ccccc3)(c3ccccc3)c3ccccc3)CC(C1)O2. The van der Waals surface area contributed by atoms with Crippen LogP contribution >= 0.6 is 0 Å². The Labute approximate surface area is 184 Å². The van der Waals surface area contributed by atoms with E-state index in [0.717, 1.165) is 42.4 Å². The quantitative estimate of drug-likeness (QED) is 0.555. The average molecular weight is 415 g/mol. The normalized spacial score (nSPS) is 25.8. The summed E-state index contributed by atoms with van der Waals surface area (Å²) >= 11 is 0. The lowest BCUT2D eigenvalue weighted by Gasteiger charge is -2.43. The van der Waals surface area contributed by atoms with Crippen molar-refractivity contribution in [3.63, 3.8) is 0 Å². The molecular weight excluding hydrogens is 384 g/mol. The summed E-state index contributed by atoms with van der Waals surface area (Å²) in [7, 11) is 0. The molecule has 3 heteroatoms. The van der Waals surface area contributed by atoms with Crippen molar-refractivity contribution >= 4 is 0 Å². The number of fused-ring (bicyclic) bond motifs is 2. The molecule has 2 bridgehead atoms. The van der Waals surface area contributed by atoms with E-state index < -0.39 is 5.60 Å². The maximum absolute atomic E-state index is 10.1. The molecule has 0 amide bonds. The van der Waals surface area contributed by atoms with Gasteiger partial charge in [0.1, 0.15) is 5.60 Å². The molecule has 2 aliphatic rings. The molecule has 2 unspecified atom stereocenters. The fourth-order valence-electron chi connectivity index (χ4n) is 5.38. The van der Waals surface area contributed by atoms with Gasteiger partial charge >= 0.3 is 0 Å². The number of hydrogen-bond acceptors (Lipinski definition) is 3. The number of rotatable bonds is 6. The number of benzene rings is 3. The van der Waals surface area contributed by atoms with Crippen molar-refractivity contribution in [1.82, 2.24) is 0 Å². The fraction of sp³-hybridized carbons (Fsp3) is 0.357. The molecule has 2 saturated heterocycles. The molecule has 2 aliphatic heterocycles. The number of hydrogen-bond donors (Lipinski definition) is 1. The maximum atomic E-state index is 10.1. The second-order valence-electron chi connectivity index (χ2n) is 8.93. The highest BCUT2D eigenvalue weighted by Crippen LogP contribution is 2.42. The van der Waals surface area contributed by atoms with E-state index >= 15 is 0 Å². The van der Waals surface area contributed by atoms with Crippen LogP contribution in [-0.2, 0) is 15.1 Å². The predicted octanol–water partition coefficient (Wildman–Crippen LogP) is 5.31. The molecule has 0 aromatic heterocycles. The summed E-state index contributed by atoms with van der Waals surface area (Å²) in [6.45, 7) is 0.658. The van der Waals surface area contributed by atoms with Crippen molar-refractivity contribution in [2.24, 2.45) is 5.92 Å². The number of ether oxygens (including phenoxy) is 2. The summed E-state index contributed by atoms with van der Waals surface area (Å²) in [6.07, 6.45) is 3.46. The number of aliphatic hydroxyl groups is 1. The minimum absolute atomic E-state index is 0.149. The average Bonchev–Trinajstić information content (AvgIpc) is 2.81. The highest BCUT2D eigenvalue weighted by molar-refractivity contribution is 5.47. The molecular formula is C28H30O3. The first-order chi connectivity index (χ1) is 15.2. The molecule has 160 valence electrons. The third-order valence-electron chi connectivity index (χ3n) is 6.72. The van der Waals surface area contributed by atoms with E-state index in [1.807, 2.05) is 0 Å². The van der Waals surface area contributed by atoms with Crippen molar-refractivity contribution in [3.05, 3.63) is 108 Å². The number of aliphatic hydroxyl groups excluding tert-OH is 1. The second kappa shape index (κ2) is 8.96. The van der Waals surface area contributed by atoms with Gasteiger partial charge in [-0.3, -0.25) is 0 Å². The summed E-state index contributed by atoms with van der Waals surface area (Å²) in [5.74, 6) is 0.423. The van der Waals surface area contributed by atoms with E-state index in [1.54, 1.807) is 0 Å². The van der Waals surface area contributed by atoms with Crippen LogP contribution in [0.15, 0.2) is 91.0 Å². The Kier molecular flexibility index (Phi) is 5.91. The molecule has 2 atom stereocenters. The topological polar surface area (TPSA) is 38.7 Å². The Morgan fingerprint density at radius 1 is 0.677 bits per heavy atom. The van der Waals surface area contributed by atoms with Gasteiger partial charge in [-0.05, 0) is 48.3 Å². The summed E-state index contributed by atoms with van der Waals surface area (Å²) in [5.41, 5.74) is 2.73. The van der Waals surface area contributed by atoms with Crippen LogP contribution in [0.3, 0.4) is 0 Å². The van der Waals surface area contributed by atoms with E-state index in [4.69, 9.17) is 9.47 Å². The molecule has 3 nitrogen and oxygen atoms in total.